The summed E-state index contributed by atoms with van der Waals surface area (Å²) in [6, 6.07) is 8.74. The highest BCUT2D eigenvalue weighted by atomic mass is 32.1. The minimum atomic E-state index is -0.332. The summed E-state index contributed by atoms with van der Waals surface area (Å²) in [5.41, 5.74) is 1.22. The molecule has 110 valence electrons. The molecule has 4 nitrogen and oxygen atoms in total. The minimum absolute atomic E-state index is 0.205. The van der Waals surface area contributed by atoms with Crippen LogP contribution in [0.1, 0.15) is 41.5 Å². The Labute approximate surface area is 128 Å². The van der Waals surface area contributed by atoms with E-state index >= 15 is 0 Å². The maximum absolute atomic E-state index is 12.3. The molecule has 2 amide bonds. The second kappa shape index (κ2) is 6.10. The Balaban J connectivity index is 2.21. The Bertz CT molecular complexity index is 643. The van der Waals surface area contributed by atoms with Crippen molar-refractivity contribution in [2.45, 2.75) is 26.3 Å². The van der Waals surface area contributed by atoms with Crippen LogP contribution in [0.2, 0.25) is 0 Å². The third-order valence-electron chi connectivity index (χ3n) is 2.69. The van der Waals surface area contributed by atoms with E-state index in [9.17, 15) is 9.59 Å². The highest BCUT2D eigenvalue weighted by Gasteiger charge is 2.18. The summed E-state index contributed by atoms with van der Waals surface area (Å²) in [7, 11) is 0. The van der Waals surface area contributed by atoms with Gasteiger partial charge in [-0.2, -0.15) is 11.3 Å². The fourth-order valence-corrected chi connectivity index (χ4v) is 2.42. The third-order valence-corrected chi connectivity index (χ3v) is 3.38. The number of hydrogen-bond donors (Lipinski definition) is 2. The van der Waals surface area contributed by atoms with Gasteiger partial charge in [0.1, 0.15) is 0 Å². The van der Waals surface area contributed by atoms with Crippen molar-refractivity contribution >= 4 is 28.8 Å². The molecule has 1 heterocycles. The second-order valence-electron chi connectivity index (χ2n) is 5.72. The maximum atomic E-state index is 12.3. The number of amides is 2. The number of hydrogen-bond acceptors (Lipinski definition) is 3. The summed E-state index contributed by atoms with van der Waals surface area (Å²) in [4.78, 5) is 24.4. The molecule has 0 aliphatic heterocycles. The van der Waals surface area contributed by atoms with Crippen molar-refractivity contribution in [1.82, 2.24) is 5.32 Å². The number of thiophene rings is 1. The van der Waals surface area contributed by atoms with Crippen LogP contribution >= 0.6 is 11.3 Å². The number of carbonyl (C=O) groups is 2. The molecule has 5 heteroatoms. The summed E-state index contributed by atoms with van der Waals surface area (Å²) in [5.74, 6) is -0.420. The van der Waals surface area contributed by atoms with Gasteiger partial charge in [-0.15, -0.1) is 0 Å². The first-order valence-electron chi connectivity index (χ1n) is 6.62. The molecule has 0 atom stereocenters. The molecule has 0 aliphatic rings. The highest BCUT2D eigenvalue weighted by Crippen LogP contribution is 2.18. The average molecular weight is 302 g/mol. The lowest BCUT2D eigenvalue weighted by Crippen LogP contribution is -2.40. The Kier molecular flexibility index (Phi) is 4.43. The summed E-state index contributed by atoms with van der Waals surface area (Å²) < 4.78 is 0. The highest BCUT2D eigenvalue weighted by molar-refractivity contribution is 7.08. The van der Waals surface area contributed by atoms with Gasteiger partial charge in [-0.1, -0.05) is 12.1 Å². The predicted molar refractivity (Wildman–Crippen MR) is 85.9 cm³/mol. The number of para-hydroxylation sites is 1. The van der Waals surface area contributed by atoms with E-state index in [0.717, 1.165) is 0 Å². The molecule has 0 bridgehead atoms. The second-order valence-corrected chi connectivity index (χ2v) is 6.50. The number of anilines is 1. The first kappa shape index (κ1) is 15.3. The van der Waals surface area contributed by atoms with Crippen molar-refractivity contribution in [2.75, 3.05) is 5.32 Å². The predicted octanol–water partition coefficient (Wildman–Crippen LogP) is 3.53. The zero-order chi connectivity index (χ0) is 15.5. The fraction of sp³-hybridized carbons (Fsp3) is 0.250. The largest absolute Gasteiger partial charge is 0.347 e. The molecule has 2 N–H and O–H groups in total. The van der Waals surface area contributed by atoms with Gasteiger partial charge in [0.2, 0.25) is 0 Å². The van der Waals surface area contributed by atoms with Crippen LogP contribution in [-0.4, -0.2) is 17.4 Å². The normalized spacial score (nSPS) is 11.0. The molecule has 0 fully saturated rings. The first-order chi connectivity index (χ1) is 9.87. The molecule has 1 aromatic carbocycles. The van der Waals surface area contributed by atoms with Crippen molar-refractivity contribution in [3.63, 3.8) is 0 Å². The van der Waals surface area contributed by atoms with Gasteiger partial charge in [0.15, 0.2) is 0 Å². The van der Waals surface area contributed by atoms with E-state index in [2.05, 4.69) is 10.6 Å². The van der Waals surface area contributed by atoms with Gasteiger partial charge in [-0.3, -0.25) is 9.59 Å². The van der Waals surface area contributed by atoms with Gasteiger partial charge in [0.05, 0.1) is 16.8 Å². The van der Waals surface area contributed by atoms with E-state index in [1.54, 1.807) is 35.7 Å². The number of carbonyl (C=O) groups excluding carboxylic acids is 2. The quantitative estimate of drug-likeness (QED) is 0.911. The van der Waals surface area contributed by atoms with Crippen LogP contribution in [0.3, 0.4) is 0 Å². The van der Waals surface area contributed by atoms with Crippen molar-refractivity contribution < 1.29 is 9.59 Å². The lowest BCUT2D eigenvalue weighted by molar-refractivity contribution is 0.0920. The van der Waals surface area contributed by atoms with Crippen LogP contribution in [0.5, 0.6) is 0 Å². The Morgan fingerprint density at radius 2 is 1.76 bits per heavy atom. The molecule has 0 unspecified atom stereocenters. The topological polar surface area (TPSA) is 58.2 Å². The minimum Gasteiger partial charge on any atom is -0.347 e. The van der Waals surface area contributed by atoms with E-state index < -0.39 is 0 Å². The molecule has 21 heavy (non-hydrogen) atoms. The standard InChI is InChI=1S/C16H18N2O2S/c1-16(2,3)18-15(20)12-6-4-5-7-13(12)17-14(19)11-8-9-21-10-11/h4-10H,1-3H3,(H,17,19)(H,18,20). The van der Waals surface area contributed by atoms with E-state index in [1.807, 2.05) is 26.2 Å². The van der Waals surface area contributed by atoms with Crippen molar-refractivity contribution in [2.24, 2.45) is 0 Å². The van der Waals surface area contributed by atoms with Crippen LogP contribution in [0.15, 0.2) is 41.1 Å². The molecule has 1 aromatic heterocycles. The molecule has 0 spiro atoms. The van der Waals surface area contributed by atoms with Gasteiger partial charge < -0.3 is 10.6 Å². The molecular weight excluding hydrogens is 284 g/mol. The summed E-state index contributed by atoms with van der Waals surface area (Å²) >= 11 is 1.46. The van der Waals surface area contributed by atoms with Crippen LogP contribution in [0.25, 0.3) is 0 Å². The molecule has 0 radical (unpaired) electrons. The monoisotopic (exact) mass is 302 g/mol. The lowest BCUT2D eigenvalue weighted by Gasteiger charge is -2.21. The van der Waals surface area contributed by atoms with Gasteiger partial charge in [-0.05, 0) is 44.4 Å². The summed E-state index contributed by atoms with van der Waals surface area (Å²) in [5, 5.41) is 9.29. The molecule has 2 aromatic rings. The van der Waals surface area contributed by atoms with E-state index in [0.29, 0.717) is 16.8 Å². The molecule has 0 aliphatic carbocycles. The van der Waals surface area contributed by atoms with Gasteiger partial charge in [0.25, 0.3) is 11.8 Å². The molecule has 0 saturated heterocycles. The van der Waals surface area contributed by atoms with Gasteiger partial charge >= 0.3 is 0 Å². The number of rotatable bonds is 3. The number of benzene rings is 1. The molecule has 0 saturated carbocycles. The zero-order valence-electron chi connectivity index (χ0n) is 12.3. The van der Waals surface area contributed by atoms with Gasteiger partial charge in [-0.25, -0.2) is 0 Å². The first-order valence-corrected chi connectivity index (χ1v) is 7.56. The Morgan fingerprint density at radius 1 is 1.05 bits per heavy atom. The molecule has 2 rings (SSSR count). The van der Waals surface area contributed by atoms with Crippen LogP contribution < -0.4 is 10.6 Å². The van der Waals surface area contributed by atoms with E-state index in [4.69, 9.17) is 0 Å². The van der Waals surface area contributed by atoms with Crippen LogP contribution in [-0.2, 0) is 0 Å². The Hall–Kier alpha value is -2.14. The zero-order valence-corrected chi connectivity index (χ0v) is 13.1. The van der Waals surface area contributed by atoms with Crippen molar-refractivity contribution in [3.8, 4) is 0 Å². The lowest BCUT2D eigenvalue weighted by atomic mass is 10.1. The summed E-state index contributed by atoms with van der Waals surface area (Å²) in [6.07, 6.45) is 0. The van der Waals surface area contributed by atoms with Crippen molar-refractivity contribution in [3.05, 3.63) is 52.2 Å². The summed E-state index contributed by atoms with van der Waals surface area (Å²) in [6.45, 7) is 5.74. The van der Waals surface area contributed by atoms with E-state index in [-0.39, 0.29) is 17.4 Å². The van der Waals surface area contributed by atoms with Crippen LogP contribution in [0, 0.1) is 0 Å². The molecular formula is C16H18N2O2S. The van der Waals surface area contributed by atoms with Gasteiger partial charge in [0, 0.05) is 10.9 Å². The third kappa shape index (κ3) is 4.16. The van der Waals surface area contributed by atoms with E-state index in [1.165, 1.54) is 11.3 Å². The smallest absolute Gasteiger partial charge is 0.256 e. The van der Waals surface area contributed by atoms with Crippen molar-refractivity contribution in [1.29, 1.82) is 0 Å². The SMILES string of the molecule is CC(C)(C)NC(=O)c1ccccc1NC(=O)c1ccsc1. The average Bonchev–Trinajstić information content (AvgIpc) is 2.91. The Morgan fingerprint density at radius 3 is 2.38 bits per heavy atom. The fourth-order valence-electron chi connectivity index (χ4n) is 1.79. The number of nitrogens with one attached hydrogen (secondary N) is 2. The maximum Gasteiger partial charge on any atom is 0.256 e. The van der Waals surface area contributed by atoms with Crippen LogP contribution in [0.4, 0.5) is 5.69 Å².